The summed E-state index contributed by atoms with van der Waals surface area (Å²) in [5.74, 6) is 1.37. The second-order valence-corrected chi connectivity index (χ2v) is 4.87. The van der Waals surface area contributed by atoms with Crippen molar-refractivity contribution in [3.8, 4) is 0 Å². The molecular formula is C18H49N3. The Balaban J connectivity index is -0.0000000545. The highest BCUT2D eigenvalue weighted by Crippen LogP contribution is 1.93. The first-order chi connectivity index (χ1) is 9.99. The van der Waals surface area contributed by atoms with Crippen molar-refractivity contribution in [2.24, 2.45) is 29.0 Å². The predicted molar refractivity (Wildman–Crippen MR) is 104 cm³/mol. The van der Waals surface area contributed by atoms with Gasteiger partial charge in [-0.3, -0.25) is 0 Å². The van der Waals surface area contributed by atoms with Gasteiger partial charge in [0.1, 0.15) is 0 Å². The van der Waals surface area contributed by atoms with Gasteiger partial charge in [-0.2, -0.15) is 0 Å². The van der Waals surface area contributed by atoms with E-state index >= 15 is 0 Å². The molecule has 0 aromatic carbocycles. The van der Waals surface area contributed by atoms with Crippen LogP contribution < -0.4 is 17.2 Å². The van der Waals surface area contributed by atoms with Crippen LogP contribution in [0.2, 0.25) is 0 Å². The van der Waals surface area contributed by atoms with Gasteiger partial charge in [0.15, 0.2) is 0 Å². The Hall–Kier alpha value is -0.120. The summed E-state index contributed by atoms with van der Waals surface area (Å²) < 4.78 is 0. The van der Waals surface area contributed by atoms with Crippen LogP contribution in [0.1, 0.15) is 88.0 Å². The Labute approximate surface area is 137 Å². The third kappa shape index (κ3) is 80.6. The van der Waals surface area contributed by atoms with E-state index in [1.165, 1.54) is 25.7 Å². The van der Waals surface area contributed by atoms with Crippen LogP contribution in [0.15, 0.2) is 0 Å². The minimum Gasteiger partial charge on any atom is -0.330 e. The SMILES string of the molecule is CC.CC.CC(C)CN.CCC(C)CN.CCCCCN. The zero-order valence-corrected chi connectivity index (χ0v) is 16.8. The van der Waals surface area contributed by atoms with E-state index in [-0.39, 0.29) is 0 Å². The van der Waals surface area contributed by atoms with Crippen molar-refractivity contribution in [3.63, 3.8) is 0 Å². The van der Waals surface area contributed by atoms with Crippen LogP contribution in [0.5, 0.6) is 0 Å². The molecule has 1 atom stereocenters. The van der Waals surface area contributed by atoms with Gasteiger partial charge in [-0.15, -0.1) is 0 Å². The molecule has 0 radical (unpaired) electrons. The molecular weight excluding hydrogens is 258 g/mol. The van der Waals surface area contributed by atoms with Crippen LogP contribution in [0.25, 0.3) is 0 Å². The molecule has 3 heteroatoms. The van der Waals surface area contributed by atoms with Crippen LogP contribution in [-0.2, 0) is 0 Å². The third-order valence-electron chi connectivity index (χ3n) is 2.38. The Bertz CT molecular complexity index is 98.6. The Morgan fingerprint density at radius 3 is 1.14 bits per heavy atom. The Kier molecular flexibility index (Phi) is 66.6. The highest BCUT2D eigenvalue weighted by molar-refractivity contribution is 4.45. The molecule has 0 aliphatic carbocycles. The molecule has 0 spiro atoms. The van der Waals surface area contributed by atoms with Crippen LogP contribution in [-0.4, -0.2) is 19.6 Å². The molecule has 0 heterocycles. The number of unbranched alkanes of at least 4 members (excludes halogenated alkanes) is 2. The highest BCUT2D eigenvalue weighted by Gasteiger charge is 1.89. The monoisotopic (exact) mass is 307 g/mol. The first-order valence-corrected chi connectivity index (χ1v) is 9.10. The normalized spacial score (nSPS) is 9.57. The molecule has 3 nitrogen and oxygen atoms in total. The first kappa shape index (κ1) is 32.7. The Morgan fingerprint density at radius 2 is 1.10 bits per heavy atom. The largest absolute Gasteiger partial charge is 0.330 e. The average molecular weight is 308 g/mol. The number of nitrogens with two attached hydrogens (primary N) is 3. The van der Waals surface area contributed by atoms with Crippen molar-refractivity contribution in [1.82, 2.24) is 0 Å². The lowest BCUT2D eigenvalue weighted by Gasteiger charge is -1.98. The summed E-state index contributed by atoms with van der Waals surface area (Å²) in [6, 6.07) is 0. The molecule has 0 saturated heterocycles. The topological polar surface area (TPSA) is 78.1 Å². The van der Waals surface area contributed by atoms with Crippen molar-refractivity contribution >= 4 is 0 Å². The minimum absolute atomic E-state index is 0.662. The summed E-state index contributed by atoms with van der Waals surface area (Å²) in [7, 11) is 0. The smallest absolute Gasteiger partial charge is 0.00516 e. The molecule has 0 bridgehead atoms. The molecule has 0 amide bonds. The fourth-order valence-electron chi connectivity index (χ4n) is 0.561. The van der Waals surface area contributed by atoms with Crippen molar-refractivity contribution < 1.29 is 0 Å². The van der Waals surface area contributed by atoms with E-state index in [9.17, 15) is 0 Å². The van der Waals surface area contributed by atoms with E-state index in [4.69, 9.17) is 17.2 Å². The van der Waals surface area contributed by atoms with Gasteiger partial charge in [-0.05, 0) is 37.9 Å². The summed E-state index contributed by atoms with van der Waals surface area (Å²) in [6.45, 7) is 21.2. The summed E-state index contributed by atoms with van der Waals surface area (Å²) in [4.78, 5) is 0. The second-order valence-electron chi connectivity index (χ2n) is 4.87. The zero-order valence-electron chi connectivity index (χ0n) is 16.8. The first-order valence-electron chi connectivity index (χ1n) is 9.10. The van der Waals surface area contributed by atoms with E-state index in [0.717, 1.165) is 19.6 Å². The van der Waals surface area contributed by atoms with Gasteiger partial charge in [0.2, 0.25) is 0 Å². The number of hydrogen-bond acceptors (Lipinski definition) is 3. The third-order valence-corrected chi connectivity index (χ3v) is 2.38. The summed E-state index contributed by atoms with van der Waals surface area (Å²) >= 11 is 0. The van der Waals surface area contributed by atoms with Gasteiger partial charge in [0.25, 0.3) is 0 Å². The molecule has 0 saturated carbocycles. The molecule has 0 aromatic heterocycles. The lowest BCUT2D eigenvalue weighted by Crippen LogP contribution is -2.08. The fourth-order valence-corrected chi connectivity index (χ4v) is 0.561. The fraction of sp³-hybridized carbons (Fsp3) is 1.00. The van der Waals surface area contributed by atoms with Crippen LogP contribution in [0, 0.1) is 11.8 Å². The lowest BCUT2D eigenvalue weighted by molar-refractivity contribution is 0.576. The van der Waals surface area contributed by atoms with Crippen molar-refractivity contribution in [3.05, 3.63) is 0 Å². The van der Waals surface area contributed by atoms with Gasteiger partial charge in [0, 0.05) is 0 Å². The molecule has 0 aliphatic heterocycles. The molecule has 0 aromatic rings. The van der Waals surface area contributed by atoms with Gasteiger partial charge in [-0.1, -0.05) is 81.6 Å². The van der Waals surface area contributed by atoms with E-state index in [0.29, 0.717) is 11.8 Å². The standard InChI is InChI=1S/2C5H13N.C4H11N.2C2H6/c1-3-5(2)4-6;1-2-3-4-5-6;1-4(2)3-5;2*1-2/h5H,3-4,6H2,1-2H3;2-6H2,1H3;4H,3,5H2,1-2H3;2*1-2H3. The summed E-state index contributed by atoms with van der Waals surface area (Å²) in [5, 5.41) is 0. The maximum Gasteiger partial charge on any atom is -0.00516 e. The average Bonchev–Trinajstić information content (AvgIpc) is 2.56. The van der Waals surface area contributed by atoms with Crippen molar-refractivity contribution in [2.75, 3.05) is 19.6 Å². The van der Waals surface area contributed by atoms with E-state index < -0.39 is 0 Å². The molecule has 0 aliphatic rings. The summed E-state index contributed by atoms with van der Waals surface area (Å²) in [6.07, 6.45) is 4.96. The van der Waals surface area contributed by atoms with Gasteiger partial charge in [-0.25, -0.2) is 0 Å². The predicted octanol–water partition coefficient (Wildman–Crippen LogP) is 4.78. The molecule has 136 valence electrons. The van der Waals surface area contributed by atoms with Crippen LogP contribution >= 0.6 is 0 Å². The molecule has 1 unspecified atom stereocenters. The van der Waals surface area contributed by atoms with Crippen LogP contribution in [0.4, 0.5) is 0 Å². The van der Waals surface area contributed by atoms with Crippen LogP contribution in [0.3, 0.4) is 0 Å². The molecule has 6 N–H and O–H groups in total. The van der Waals surface area contributed by atoms with E-state index in [2.05, 4.69) is 34.6 Å². The molecule has 0 rings (SSSR count). The van der Waals surface area contributed by atoms with Gasteiger partial charge in [0.05, 0.1) is 0 Å². The highest BCUT2D eigenvalue weighted by atomic mass is 14.5. The Morgan fingerprint density at radius 1 is 0.714 bits per heavy atom. The molecule has 0 fully saturated rings. The van der Waals surface area contributed by atoms with Crippen molar-refractivity contribution in [2.45, 2.75) is 88.0 Å². The lowest BCUT2D eigenvalue weighted by atomic mass is 10.1. The van der Waals surface area contributed by atoms with Gasteiger partial charge >= 0.3 is 0 Å². The number of rotatable bonds is 6. The maximum atomic E-state index is 5.28. The van der Waals surface area contributed by atoms with E-state index in [1.54, 1.807) is 0 Å². The minimum atomic E-state index is 0.662. The molecule has 21 heavy (non-hydrogen) atoms. The number of hydrogen-bond donors (Lipinski definition) is 3. The summed E-state index contributed by atoms with van der Waals surface area (Å²) in [5.41, 5.74) is 15.7. The second kappa shape index (κ2) is 42.7. The quantitative estimate of drug-likeness (QED) is 0.618. The van der Waals surface area contributed by atoms with Gasteiger partial charge < -0.3 is 17.2 Å². The van der Waals surface area contributed by atoms with Crippen molar-refractivity contribution in [1.29, 1.82) is 0 Å². The zero-order chi connectivity index (χ0) is 18.1. The van der Waals surface area contributed by atoms with E-state index in [1.807, 2.05) is 27.7 Å². The maximum absolute atomic E-state index is 5.28.